The summed E-state index contributed by atoms with van der Waals surface area (Å²) in [5.74, 6) is -0.395. The Morgan fingerprint density at radius 1 is 1.47 bits per heavy atom. The molecule has 0 radical (unpaired) electrons. The fourth-order valence-corrected chi connectivity index (χ4v) is 3.43. The van der Waals surface area contributed by atoms with Crippen molar-refractivity contribution in [3.8, 4) is 0 Å². The molecule has 1 aliphatic rings. The number of thioether (sulfide) groups is 1. The molecular weight excluding hydrogens is 260 g/mol. The van der Waals surface area contributed by atoms with Gasteiger partial charge in [-0.25, -0.2) is 9.78 Å². The second-order valence-electron chi connectivity index (χ2n) is 4.73. The number of hydrogen-bond donors (Lipinski definition) is 1. The van der Waals surface area contributed by atoms with Crippen LogP contribution < -0.4 is 5.32 Å². The van der Waals surface area contributed by atoms with Crippen LogP contribution in [0.15, 0.2) is 18.3 Å². The number of aromatic nitrogens is 1. The highest BCUT2D eigenvalue weighted by atomic mass is 32.2. The van der Waals surface area contributed by atoms with E-state index in [2.05, 4.69) is 16.6 Å². The Labute approximate surface area is 118 Å². The molecule has 1 heterocycles. The Bertz CT molecular complexity index is 439. The molecule has 2 rings (SSSR count). The molecule has 0 saturated heterocycles. The van der Waals surface area contributed by atoms with Crippen molar-refractivity contribution in [3.05, 3.63) is 24.0 Å². The molecule has 1 aliphatic carbocycles. The third-order valence-electron chi connectivity index (χ3n) is 3.51. The van der Waals surface area contributed by atoms with Gasteiger partial charge in [-0.1, -0.05) is 12.8 Å². The minimum absolute atomic E-state index is 0.351. The molecule has 104 valence electrons. The van der Waals surface area contributed by atoms with Crippen molar-refractivity contribution in [1.29, 1.82) is 0 Å². The Morgan fingerprint density at radius 3 is 3.00 bits per heavy atom. The first kappa shape index (κ1) is 14.2. The number of nitrogens with zero attached hydrogens (tertiary/aromatic N) is 1. The van der Waals surface area contributed by atoms with E-state index in [9.17, 15) is 4.79 Å². The molecule has 1 saturated carbocycles. The summed E-state index contributed by atoms with van der Waals surface area (Å²) in [6.45, 7) is 0. The fourth-order valence-electron chi connectivity index (χ4n) is 2.49. The molecule has 1 N–H and O–H groups in total. The van der Waals surface area contributed by atoms with Crippen LogP contribution in [0.25, 0.3) is 0 Å². The van der Waals surface area contributed by atoms with E-state index in [1.165, 1.54) is 32.8 Å². The molecule has 1 fully saturated rings. The summed E-state index contributed by atoms with van der Waals surface area (Å²) in [7, 11) is 1.37. The number of carbonyl (C=O) groups excluding carboxylic acids is 1. The van der Waals surface area contributed by atoms with Gasteiger partial charge in [-0.2, -0.15) is 11.8 Å². The Hall–Kier alpha value is -1.23. The number of carbonyl (C=O) groups is 1. The Kier molecular flexibility index (Phi) is 5.07. The smallest absolute Gasteiger partial charge is 0.356 e. The van der Waals surface area contributed by atoms with E-state index in [4.69, 9.17) is 4.74 Å². The average molecular weight is 280 g/mol. The summed E-state index contributed by atoms with van der Waals surface area (Å²) in [6, 6.07) is 4.13. The molecule has 0 bridgehead atoms. The van der Waals surface area contributed by atoms with E-state index < -0.39 is 5.97 Å². The maximum atomic E-state index is 11.5. The topological polar surface area (TPSA) is 51.2 Å². The minimum Gasteiger partial charge on any atom is -0.464 e. The first-order valence-corrected chi connectivity index (χ1v) is 7.87. The van der Waals surface area contributed by atoms with Crippen LogP contribution in [0.1, 0.15) is 36.2 Å². The lowest BCUT2D eigenvalue weighted by molar-refractivity contribution is 0.0594. The first-order chi connectivity index (χ1) is 9.24. The van der Waals surface area contributed by atoms with Crippen molar-refractivity contribution in [3.63, 3.8) is 0 Å². The highest BCUT2D eigenvalue weighted by Gasteiger charge is 2.24. The molecule has 19 heavy (non-hydrogen) atoms. The van der Waals surface area contributed by atoms with Crippen molar-refractivity contribution < 1.29 is 9.53 Å². The van der Waals surface area contributed by atoms with E-state index >= 15 is 0 Å². The van der Waals surface area contributed by atoms with Crippen molar-refractivity contribution in [1.82, 2.24) is 4.98 Å². The van der Waals surface area contributed by atoms with Gasteiger partial charge in [0.05, 0.1) is 7.11 Å². The minimum atomic E-state index is -0.395. The third-order valence-corrected chi connectivity index (χ3v) is 4.68. The largest absolute Gasteiger partial charge is 0.464 e. The number of pyridine rings is 1. The van der Waals surface area contributed by atoms with Crippen molar-refractivity contribution in [2.45, 2.75) is 37.0 Å². The predicted octanol–water partition coefficient (Wildman–Crippen LogP) is 2.95. The van der Waals surface area contributed by atoms with Crippen LogP contribution in [0.3, 0.4) is 0 Å². The molecule has 5 heteroatoms. The van der Waals surface area contributed by atoms with Crippen LogP contribution in [0, 0.1) is 0 Å². The predicted molar refractivity (Wildman–Crippen MR) is 78.8 cm³/mol. The second-order valence-corrected chi connectivity index (χ2v) is 5.81. The number of nitrogens with one attached hydrogen (secondary N) is 1. The van der Waals surface area contributed by atoms with Gasteiger partial charge in [-0.3, -0.25) is 0 Å². The Balaban J connectivity index is 2.07. The van der Waals surface area contributed by atoms with Gasteiger partial charge in [0, 0.05) is 23.2 Å². The summed E-state index contributed by atoms with van der Waals surface area (Å²) < 4.78 is 4.69. The van der Waals surface area contributed by atoms with E-state index in [1.807, 2.05) is 17.8 Å². The molecule has 0 spiro atoms. The van der Waals surface area contributed by atoms with Gasteiger partial charge in [0.25, 0.3) is 0 Å². The van der Waals surface area contributed by atoms with E-state index in [1.54, 1.807) is 12.3 Å². The molecular formula is C14H20N2O2S. The maximum absolute atomic E-state index is 11.5. The highest BCUT2D eigenvalue weighted by molar-refractivity contribution is 7.99. The molecule has 1 aromatic heterocycles. The first-order valence-electron chi connectivity index (χ1n) is 6.58. The number of ether oxygens (including phenoxy) is 1. The van der Waals surface area contributed by atoms with Gasteiger partial charge in [-0.15, -0.1) is 0 Å². The summed E-state index contributed by atoms with van der Waals surface area (Å²) in [4.78, 5) is 15.5. The lowest BCUT2D eigenvalue weighted by atomic mass is 9.94. The highest BCUT2D eigenvalue weighted by Crippen LogP contribution is 2.29. The van der Waals surface area contributed by atoms with Gasteiger partial charge >= 0.3 is 5.97 Å². The monoisotopic (exact) mass is 280 g/mol. The molecule has 2 unspecified atom stereocenters. The fraction of sp³-hybridized carbons (Fsp3) is 0.571. The zero-order chi connectivity index (χ0) is 13.7. The zero-order valence-electron chi connectivity index (χ0n) is 11.4. The number of anilines is 1. The zero-order valence-corrected chi connectivity index (χ0v) is 12.2. The number of hydrogen-bond acceptors (Lipinski definition) is 5. The molecule has 2 atom stereocenters. The van der Waals surface area contributed by atoms with Gasteiger partial charge < -0.3 is 10.1 Å². The molecule has 0 aromatic carbocycles. The standard InChI is InChI=1S/C14H20N2O2S/c1-18-14(17)12-9-10(7-8-15-12)16-11-5-3-4-6-13(11)19-2/h7-9,11,13H,3-6H2,1-2H3,(H,15,16). The van der Waals surface area contributed by atoms with Crippen LogP contribution in [-0.2, 0) is 4.74 Å². The van der Waals surface area contributed by atoms with E-state index in [0.717, 1.165) is 5.69 Å². The van der Waals surface area contributed by atoms with Crippen LogP contribution in [0.4, 0.5) is 5.69 Å². The SMILES string of the molecule is COC(=O)c1cc(NC2CCCCC2SC)ccn1. The van der Waals surface area contributed by atoms with E-state index in [-0.39, 0.29) is 0 Å². The van der Waals surface area contributed by atoms with E-state index in [0.29, 0.717) is 17.0 Å². The van der Waals surface area contributed by atoms with Crippen molar-refractivity contribution >= 4 is 23.4 Å². The summed E-state index contributed by atoms with van der Waals surface area (Å²) in [6.07, 6.45) is 8.83. The van der Waals surface area contributed by atoms with Gasteiger partial charge in [-0.05, 0) is 31.2 Å². The van der Waals surface area contributed by atoms with Crippen molar-refractivity contribution in [2.24, 2.45) is 0 Å². The quantitative estimate of drug-likeness (QED) is 0.859. The van der Waals surface area contributed by atoms with Crippen LogP contribution in [0.5, 0.6) is 0 Å². The number of esters is 1. The van der Waals surface area contributed by atoms with Crippen LogP contribution in [-0.4, -0.2) is 35.6 Å². The molecule has 0 aliphatic heterocycles. The van der Waals surface area contributed by atoms with Gasteiger partial charge in [0.15, 0.2) is 0 Å². The van der Waals surface area contributed by atoms with Gasteiger partial charge in [0.2, 0.25) is 0 Å². The molecule has 0 amide bonds. The number of methoxy groups -OCH3 is 1. The van der Waals surface area contributed by atoms with Crippen LogP contribution in [0.2, 0.25) is 0 Å². The maximum Gasteiger partial charge on any atom is 0.356 e. The second kappa shape index (κ2) is 6.80. The summed E-state index contributed by atoms with van der Waals surface area (Å²) >= 11 is 1.92. The van der Waals surface area contributed by atoms with Crippen molar-refractivity contribution in [2.75, 3.05) is 18.7 Å². The number of rotatable bonds is 4. The molecule has 1 aromatic rings. The lowest BCUT2D eigenvalue weighted by Crippen LogP contribution is -2.34. The van der Waals surface area contributed by atoms with Gasteiger partial charge in [0.1, 0.15) is 5.69 Å². The normalized spacial score (nSPS) is 22.8. The summed E-state index contributed by atoms with van der Waals surface area (Å²) in [5.41, 5.74) is 1.30. The molecule has 4 nitrogen and oxygen atoms in total. The average Bonchev–Trinajstić information content (AvgIpc) is 2.47. The Morgan fingerprint density at radius 2 is 2.26 bits per heavy atom. The third kappa shape index (κ3) is 3.62. The lowest BCUT2D eigenvalue weighted by Gasteiger charge is -2.31. The van der Waals surface area contributed by atoms with Crippen LogP contribution >= 0.6 is 11.8 Å². The summed E-state index contributed by atoms with van der Waals surface area (Å²) in [5, 5.41) is 4.17.